The fourth-order valence-corrected chi connectivity index (χ4v) is 3.40. The van der Waals surface area contributed by atoms with E-state index in [0.717, 1.165) is 6.42 Å². The summed E-state index contributed by atoms with van der Waals surface area (Å²) in [6.45, 7) is 9.68. The highest BCUT2D eigenvalue weighted by molar-refractivity contribution is 4.95. The lowest BCUT2D eigenvalue weighted by atomic mass is 9.61. The third kappa shape index (κ3) is 2.94. The number of rotatable bonds is 2. The van der Waals surface area contributed by atoms with Gasteiger partial charge in [-0.3, -0.25) is 0 Å². The third-order valence-corrected chi connectivity index (χ3v) is 3.94. The molecule has 0 heterocycles. The van der Waals surface area contributed by atoms with Crippen LogP contribution in [0.3, 0.4) is 0 Å². The van der Waals surface area contributed by atoms with Crippen LogP contribution in [-0.2, 0) is 0 Å². The SMILES string of the molecule is CC1CCCC(C(C)(C)O)C1C(C)(C)O. The highest BCUT2D eigenvalue weighted by atomic mass is 16.3. The third-order valence-electron chi connectivity index (χ3n) is 3.94. The first kappa shape index (κ1) is 13.0. The molecule has 0 amide bonds. The van der Waals surface area contributed by atoms with E-state index in [2.05, 4.69) is 6.92 Å². The molecule has 1 aliphatic rings. The van der Waals surface area contributed by atoms with Crippen molar-refractivity contribution in [1.29, 1.82) is 0 Å². The van der Waals surface area contributed by atoms with Gasteiger partial charge in [0.2, 0.25) is 0 Å². The molecule has 0 aromatic heterocycles. The van der Waals surface area contributed by atoms with E-state index in [4.69, 9.17) is 0 Å². The minimum Gasteiger partial charge on any atom is -0.390 e. The fraction of sp³-hybridized carbons (Fsp3) is 1.00. The first-order chi connectivity index (χ1) is 6.64. The van der Waals surface area contributed by atoms with E-state index in [1.807, 2.05) is 27.7 Å². The van der Waals surface area contributed by atoms with Crippen LogP contribution in [-0.4, -0.2) is 21.4 Å². The average Bonchev–Trinajstić information content (AvgIpc) is 1.99. The molecule has 0 aromatic rings. The summed E-state index contributed by atoms with van der Waals surface area (Å²) in [4.78, 5) is 0. The monoisotopic (exact) mass is 214 g/mol. The predicted molar refractivity (Wildman–Crippen MR) is 62.6 cm³/mol. The Hall–Kier alpha value is -0.0800. The minimum atomic E-state index is -0.690. The molecule has 0 spiro atoms. The van der Waals surface area contributed by atoms with Crippen molar-refractivity contribution < 1.29 is 10.2 Å². The van der Waals surface area contributed by atoms with Gasteiger partial charge in [-0.2, -0.15) is 0 Å². The van der Waals surface area contributed by atoms with E-state index in [1.54, 1.807) is 0 Å². The van der Waals surface area contributed by atoms with E-state index < -0.39 is 11.2 Å². The van der Waals surface area contributed by atoms with Crippen LogP contribution in [0.1, 0.15) is 53.9 Å². The van der Waals surface area contributed by atoms with Crippen molar-refractivity contribution in [2.75, 3.05) is 0 Å². The topological polar surface area (TPSA) is 40.5 Å². The molecule has 1 aliphatic carbocycles. The van der Waals surface area contributed by atoms with Crippen LogP contribution in [0, 0.1) is 17.8 Å². The molecule has 0 aromatic carbocycles. The van der Waals surface area contributed by atoms with Gasteiger partial charge < -0.3 is 10.2 Å². The molecule has 0 aliphatic heterocycles. The molecule has 2 heteroatoms. The molecule has 15 heavy (non-hydrogen) atoms. The van der Waals surface area contributed by atoms with Gasteiger partial charge in [-0.1, -0.05) is 19.8 Å². The molecule has 1 saturated carbocycles. The van der Waals surface area contributed by atoms with Gasteiger partial charge in [0.1, 0.15) is 0 Å². The Morgan fingerprint density at radius 2 is 1.47 bits per heavy atom. The van der Waals surface area contributed by atoms with Crippen LogP contribution in [0.4, 0.5) is 0 Å². The van der Waals surface area contributed by atoms with E-state index in [1.165, 1.54) is 12.8 Å². The second-order valence-corrected chi connectivity index (χ2v) is 6.35. The van der Waals surface area contributed by atoms with Gasteiger partial charge in [0.25, 0.3) is 0 Å². The van der Waals surface area contributed by atoms with Crippen molar-refractivity contribution >= 4 is 0 Å². The van der Waals surface area contributed by atoms with Crippen molar-refractivity contribution in [3.8, 4) is 0 Å². The highest BCUT2D eigenvalue weighted by Crippen LogP contribution is 2.45. The summed E-state index contributed by atoms with van der Waals surface area (Å²) in [6.07, 6.45) is 3.37. The van der Waals surface area contributed by atoms with Gasteiger partial charge in [-0.05, 0) is 51.9 Å². The van der Waals surface area contributed by atoms with Crippen molar-refractivity contribution in [3.63, 3.8) is 0 Å². The van der Waals surface area contributed by atoms with Gasteiger partial charge in [-0.25, -0.2) is 0 Å². The zero-order valence-electron chi connectivity index (χ0n) is 10.7. The maximum atomic E-state index is 10.2. The van der Waals surface area contributed by atoms with E-state index >= 15 is 0 Å². The van der Waals surface area contributed by atoms with Gasteiger partial charge in [0, 0.05) is 0 Å². The van der Waals surface area contributed by atoms with E-state index in [-0.39, 0.29) is 11.8 Å². The molecule has 90 valence electrons. The summed E-state index contributed by atoms with van der Waals surface area (Å²) in [5, 5.41) is 20.4. The van der Waals surface area contributed by atoms with Crippen molar-refractivity contribution in [2.24, 2.45) is 17.8 Å². The van der Waals surface area contributed by atoms with Crippen molar-refractivity contribution in [2.45, 2.75) is 65.1 Å². The first-order valence-electron chi connectivity index (χ1n) is 6.09. The van der Waals surface area contributed by atoms with Crippen LogP contribution < -0.4 is 0 Å². The summed E-state index contributed by atoms with van der Waals surface area (Å²) < 4.78 is 0. The Labute approximate surface area is 93.7 Å². The number of hydrogen-bond acceptors (Lipinski definition) is 2. The summed E-state index contributed by atoms with van der Waals surface area (Å²) in [5.74, 6) is 0.905. The average molecular weight is 214 g/mol. The molecule has 2 nitrogen and oxygen atoms in total. The first-order valence-corrected chi connectivity index (χ1v) is 6.09. The molecule has 1 fully saturated rings. The number of hydrogen-bond donors (Lipinski definition) is 2. The van der Waals surface area contributed by atoms with Gasteiger partial charge in [0.05, 0.1) is 11.2 Å². The Kier molecular flexibility index (Phi) is 3.52. The highest BCUT2D eigenvalue weighted by Gasteiger charge is 2.45. The Morgan fingerprint density at radius 1 is 0.933 bits per heavy atom. The zero-order chi connectivity index (χ0) is 11.9. The van der Waals surface area contributed by atoms with E-state index in [9.17, 15) is 10.2 Å². The number of aliphatic hydroxyl groups is 2. The standard InChI is InChI=1S/C13H26O2/c1-9-7-6-8-10(12(2,3)14)11(9)13(4,5)15/h9-11,14-15H,6-8H2,1-5H3. The molecular weight excluding hydrogens is 188 g/mol. The zero-order valence-corrected chi connectivity index (χ0v) is 10.7. The quantitative estimate of drug-likeness (QED) is 0.741. The van der Waals surface area contributed by atoms with E-state index in [0.29, 0.717) is 5.92 Å². The summed E-state index contributed by atoms with van der Waals surface area (Å²) in [6, 6.07) is 0. The second kappa shape index (κ2) is 4.06. The van der Waals surface area contributed by atoms with Gasteiger partial charge in [0.15, 0.2) is 0 Å². The molecule has 2 N–H and O–H groups in total. The van der Waals surface area contributed by atoms with Gasteiger partial charge in [-0.15, -0.1) is 0 Å². The van der Waals surface area contributed by atoms with Crippen LogP contribution in [0.2, 0.25) is 0 Å². The maximum absolute atomic E-state index is 10.2. The minimum absolute atomic E-state index is 0.200. The maximum Gasteiger partial charge on any atom is 0.0626 e. The van der Waals surface area contributed by atoms with Gasteiger partial charge >= 0.3 is 0 Å². The Balaban J connectivity index is 2.93. The summed E-state index contributed by atoms with van der Waals surface area (Å²) in [7, 11) is 0. The molecule has 0 saturated heterocycles. The smallest absolute Gasteiger partial charge is 0.0626 e. The second-order valence-electron chi connectivity index (χ2n) is 6.35. The van der Waals surface area contributed by atoms with Crippen molar-refractivity contribution in [3.05, 3.63) is 0 Å². The predicted octanol–water partition coefficient (Wildman–Crippen LogP) is 2.58. The molecular formula is C13H26O2. The lowest BCUT2D eigenvalue weighted by molar-refractivity contribution is -0.116. The molecule has 3 atom stereocenters. The van der Waals surface area contributed by atoms with Crippen LogP contribution in [0.5, 0.6) is 0 Å². The van der Waals surface area contributed by atoms with Crippen LogP contribution in [0.15, 0.2) is 0 Å². The molecule has 0 radical (unpaired) electrons. The lowest BCUT2D eigenvalue weighted by Gasteiger charge is -2.48. The summed E-state index contributed by atoms with van der Waals surface area (Å²) >= 11 is 0. The van der Waals surface area contributed by atoms with Crippen LogP contribution in [0.25, 0.3) is 0 Å². The Morgan fingerprint density at radius 3 is 1.80 bits per heavy atom. The van der Waals surface area contributed by atoms with Crippen molar-refractivity contribution in [1.82, 2.24) is 0 Å². The van der Waals surface area contributed by atoms with Crippen LogP contribution >= 0.6 is 0 Å². The lowest BCUT2D eigenvalue weighted by Crippen LogP contribution is -2.50. The normalized spacial score (nSPS) is 34.2. The molecule has 3 unspecified atom stereocenters. The largest absolute Gasteiger partial charge is 0.390 e. The molecule has 1 rings (SSSR count). The Bertz CT molecular complexity index is 210. The summed E-state index contributed by atoms with van der Waals surface area (Å²) in [5.41, 5.74) is -1.37. The molecule has 0 bridgehead atoms. The fourth-order valence-electron chi connectivity index (χ4n) is 3.40.